The van der Waals surface area contributed by atoms with E-state index in [4.69, 9.17) is 0 Å². The first-order valence-corrected chi connectivity index (χ1v) is 9.85. The Labute approximate surface area is 179 Å². The van der Waals surface area contributed by atoms with Crippen LogP contribution in [0.15, 0.2) is 66.7 Å². The zero-order valence-corrected chi connectivity index (χ0v) is 17.0. The van der Waals surface area contributed by atoms with Crippen LogP contribution in [0.1, 0.15) is 18.1 Å². The van der Waals surface area contributed by atoms with E-state index in [-0.39, 0.29) is 18.4 Å². The van der Waals surface area contributed by atoms with Crippen molar-refractivity contribution in [2.75, 3.05) is 0 Å². The van der Waals surface area contributed by atoms with Crippen molar-refractivity contribution in [2.24, 2.45) is 0 Å². The topological polar surface area (TPSA) is 95.5 Å². The molecule has 0 unspecified atom stereocenters. The highest BCUT2D eigenvalue weighted by Gasteiger charge is 2.27. The fourth-order valence-electron chi connectivity index (χ4n) is 3.41. The number of fused-ring (bicyclic) bond motifs is 1. The van der Waals surface area contributed by atoms with Crippen LogP contribution in [0.2, 0.25) is 0 Å². The second-order valence-corrected chi connectivity index (χ2v) is 7.33. The molecule has 31 heavy (non-hydrogen) atoms. The van der Waals surface area contributed by atoms with Crippen LogP contribution < -0.4 is 10.6 Å². The number of carboxylic acids is 1. The molecule has 7 heteroatoms. The fourth-order valence-corrected chi connectivity index (χ4v) is 3.41. The highest BCUT2D eigenvalue weighted by atomic mass is 19.1. The zero-order valence-electron chi connectivity index (χ0n) is 17.0. The summed E-state index contributed by atoms with van der Waals surface area (Å²) in [6, 6.07) is 16.9. The first kappa shape index (κ1) is 22.0. The van der Waals surface area contributed by atoms with E-state index in [0.717, 1.165) is 16.3 Å². The summed E-state index contributed by atoms with van der Waals surface area (Å²) < 4.78 is 14.0. The van der Waals surface area contributed by atoms with Crippen molar-refractivity contribution in [1.29, 1.82) is 0 Å². The quantitative estimate of drug-likeness (QED) is 0.520. The molecule has 3 N–H and O–H groups in total. The molecule has 0 aliphatic rings. The molecule has 0 aliphatic heterocycles. The smallest absolute Gasteiger partial charge is 0.326 e. The number of halogens is 1. The zero-order chi connectivity index (χ0) is 22.4. The normalized spacial score (nSPS) is 12.7. The number of amides is 2. The van der Waals surface area contributed by atoms with Gasteiger partial charge in [0.05, 0.1) is 0 Å². The SMILES string of the molecule is CC(=O)N[C@H](Cc1ccccc1F)C(=O)N[C@@H](Cc1ccc2ccccc2c1)C(=O)O. The molecule has 0 spiro atoms. The first-order chi connectivity index (χ1) is 14.8. The molecule has 0 saturated heterocycles. The summed E-state index contributed by atoms with van der Waals surface area (Å²) in [6.45, 7) is 1.24. The third-order valence-corrected chi connectivity index (χ3v) is 4.94. The molecule has 160 valence electrons. The van der Waals surface area contributed by atoms with Crippen molar-refractivity contribution in [2.45, 2.75) is 31.8 Å². The molecule has 0 aromatic heterocycles. The van der Waals surface area contributed by atoms with Gasteiger partial charge in [0.25, 0.3) is 0 Å². The molecule has 0 bridgehead atoms. The lowest BCUT2D eigenvalue weighted by molar-refractivity contribution is -0.142. The van der Waals surface area contributed by atoms with Gasteiger partial charge < -0.3 is 15.7 Å². The lowest BCUT2D eigenvalue weighted by atomic mass is 10.0. The van der Waals surface area contributed by atoms with Crippen molar-refractivity contribution in [3.8, 4) is 0 Å². The van der Waals surface area contributed by atoms with Crippen LogP contribution in [0, 0.1) is 5.82 Å². The van der Waals surface area contributed by atoms with Crippen LogP contribution in [0.4, 0.5) is 4.39 Å². The molecule has 2 amide bonds. The highest BCUT2D eigenvalue weighted by Crippen LogP contribution is 2.17. The van der Waals surface area contributed by atoms with Gasteiger partial charge in [0.1, 0.15) is 17.9 Å². The van der Waals surface area contributed by atoms with Crippen molar-refractivity contribution < 1.29 is 23.9 Å². The number of aliphatic carboxylic acids is 1. The Morgan fingerprint density at radius 1 is 0.871 bits per heavy atom. The molecule has 0 aliphatic carbocycles. The summed E-state index contributed by atoms with van der Waals surface area (Å²) in [7, 11) is 0. The van der Waals surface area contributed by atoms with E-state index in [9.17, 15) is 23.9 Å². The fraction of sp³-hybridized carbons (Fsp3) is 0.208. The minimum absolute atomic E-state index is 0.0679. The standard InChI is InChI=1S/C24H23FN2O4/c1-15(28)26-21(14-19-8-4-5-9-20(19)25)23(29)27-22(24(30)31)13-16-10-11-17-6-2-3-7-18(17)12-16/h2-12,21-22H,13-14H2,1H3,(H,26,28)(H,27,29)(H,30,31)/t21-,22+/m1/s1. The van der Waals surface area contributed by atoms with Gasteiger partial charge in [-0.15, -0.1) is 0 Å². The van der Waals surface area contributed by atoms with E-state index in [0.29, 0.717) is 0 Å². The third-order valence-electron chi connectivity index (χ3n) is 4.94. The Hall–Kier alpha value is -3.74. The number of benzene rings is 3. The maximum atomic E-state index is 14.0. The van der Waals surface area contributed by atoms with Gasteiger partial charge in [-0.05, 0) is 28.0 Å². The molecule has 0 saturated carbocycles. The van der Waals surface area contributed by atoms with E-state index < -0.39 is 35.7 Å². The van der Waals surface area contributed by atoms with Crippen LogP contribution in [-0.2, 0) is 27.2 Å². The average Bonchev–Trinajstić information content (AvgIpc) is 2.73. The van der Waals surface area contributed by atoms with E-state index >= 15 is 0 Å². The van der Waals surface area contributed by atoms with Gasteiger partial charge in [0.2, 0.25) is 11.8 Å². The number of rotatable bonds is 8. The lowest BCUT2D eigenvalue weighted by Gasteiger charge is -2.21. The van der Waals surface area contributed by atoms with Gasteiger partial charge in [0.15, 0.2) is 0 Å². The molecule has 6 nitrogen and oxygen atoms in total. The van der Waals surface area contributed by atoms with Crippen LogP contribution >= 0.6 is 0 Å². The Morgan fingerprint density at radius 2 is 1.55 bits per heavy atom. The van der Waals surface area contributed by atoms with Crippen LogP contribution in [-0.4, -0.2) is 35.0 Å². The summed E-state index contributed by atoms with van der Waals surface area (Å²) in [4.78, 5) is 36.2. The summed E-state index contributed by atoms with van der Waals surface area (Å²) in [6.07, 6.45) is -0.0290. The average molecular weight is 422 g/mol. The number of hydrogen-bond donors (Lipinski definition) is 3. The Kier molecular flexibility index (Phi) is 6.97. The lowest BCUT2D eigenvalue weighted by Crippen LogP contribution is -2.52. The number of nitrogens with one attached hydrogen (secondary N) is 2. The Morgan fingerprint density at radius 3 is 2.23 bits per heavy atom. The number of carbonyl (C=O) groups excluding carboxylic acids is 2. The maximum absolute atomic E-state index is 14.0. The summed E-state index contributed by atoms with van der Waals surface area (Å²) in [5.41, 5.74) is 0.995. The summed E-state index contributed by atoms with van der Waals surface area (Å²) in [5, 5.41) is 16.6. The highest BCUT2D eigenvalue weighted by molar-refractivity contribution is 5.90. The van der Waals surface area contributed by atoms with Crippen molar-refractivity contribution in [3.63, 3.8) is 0 Å². The molecule has 0 heterocycles. The monoisotopic (exact) mass is 422 g/mol. The molecular formula is C24H23FN2O4. The Bertz CT molecular complexity index is 1120. The van der Waals surface area contributed by atoms with Crippen LogP contribution in [0.5, 0.6) is 0 Å². The minimum Gasteiger partial charge on any atom is -0.480 e. The molecule has 3 aromatic carbocycles. The van der Waals surface area contributed by atoms with Gasteiger partial charge in [0, 0.05) is 19.8 Å². The molecule has 2 atom stereocenters. The van der Waals surface area contributed by atoms with E-state index in [1.807, 2.05) is 42.5 Å². The number of carbonyl (C=O) groups is 3. The summed E-state index contributed by atoms with van der Waals surface area (Å²) >= 11 is 0. The van der Waals surface area contributed by atoms with Gasteiger partial charge in [-0.1, -0.05) is 60.7 Å². The van der Waals surface area contributed by atoms with Crippen LogP contribution in [0.25, 0.3) is 10.8 Å². The minimum atomic E-state index is -1.20. The number of carboxylic acid groups (broad SMARTS) is 1. The van der Waals surface area contributed by atoms with Crippen molar-refractivity contribution in [3.05, 3.63) is 83.7 Å². The molecule has 3 aromatic rings. The number of hydrogen-bond acceptors (Lipinski definition) is 3. The summed E-state index contributed by atoms with van der Waals surface area (Å²) in [5.74, 6) is -2.87. The molecular weight excluding hydrogens is 399 g/mol. The van der Waals surface area contributed by atoms with Gasteiger partial charge in [-0.25, -0.2) is 9.18 Å². The van der Waals surface area contributed by atoms with E-state index in [2.05, 4.69) is 10.6 Å². The maximum Gasteiger partial charge on any atom is 0.326 e. The second kappa shape index (κ2) is 9.84. The van der Waals surface area contributed by atoms with Gasteiger partial charge >= 0.3 is 5.97 Å². The molecule has 3 rings (SSSR count). The predicted molar refractivity (Wildman–Crippen MR) is 115 cm³/mol. The van der Waals surface area contributed by atoms with Gasteiger partial charge in [-0.3, -0.25) is 9.59 Å². The third kappa shape index (κ3) is 5.88. The predicted octanol–water partition coefficient (Wildman–Crippen LogP) is 2.84. The van der Waals surface area contributed by atoms with Crippen molar-refractivity contribution >= 4 is 28.6 Å². The van der Waals surface area contributed by atoms with Crippen LogP contribution in [0.3, 0.4) is 0 Å². The van der Waals surface area contributed by atoms with E-state index in [1.165, 1.54) is 25.1 Å². The van der Waals surface area contributed by atoms with E-state index in [1.54, 1.807) is 6.07 Å². The largest absolute Gasteiger partial charge is 0.480 e. The van der Waals surface area contributed by atoms with Crippen molar-refractivity contribution in [1.82, 2.24) is 10.6 Å². The molecule has 0 fully saturated rings. The second-order valence-electron chi connectivity index (χ2n) is 7.33. The first-order valence-electron chi connectivity index (χ1n) is 9.85. The molecule has 0 radical (unpaired) electrons. The Balaban J connectivity index is 1.76. The van der Waals surface area contributed by atoms with Gasteiger partial charge in [-0.2, -0.15) is 0 Å².